The van der Waals surface area contributed by atoms with Gasteiger partial charge in [-0.25, -0.2) is 14.9 Å². The molecule has 0 saturated heterocycles. The minimum Gasteiger partial charge on any atom is -0.375 e. The van der Waals surface area contributed by atoms with Crippen LogP contribution in [0.15, 0.2) is 0 Å². The van der Waals surface area contributed by atoms with Gasteiger partial charge >= 0.3 is 12.1 Å². The van der Waals surface area contributed by atoms with Crippen molar-refractivity contribution >= 4 is 24.2 Å². The van der Waals surface area contributed by atoms with Gasteiger partial charge in [-0.15, -0.1) is 0 Å². The van der Waals surface area contributed by atoms with E-state index in [-0.39, 0.29) is 0 Å². The lowest BCUT2D eigenvalue weighted by Crippen LogP contribution is -2.34. The summed E-state index contributed by atoms with van der Waals surface area (Å²) < 4.78 is 4.37. The molecule has 0 aromatic carbocycles. The number of hydrogen-bond acceptors (Lipinski definition) is 4. The molecule has 0 rings (SSSR count). The molecule has 3 N–H and O–H groups in total. The van der Waals surface area contributed by atoms with E-state index in [2.05, 4.69) is 9.92 Å². The minimum absolute atomic E-state index is 0.631. The zero-order chi connectivity index (χ0) is 7.98. The van der Waals surface area contributed by atoms with Crippen LogP contribution < -0.4 is 11.1 Å². The van der Waals surface area contributed by atoms with Crippen molar-refractivity contribution in [2.24, 2.45) is 5.73 Å². The standard InChI is InChI=1S/C4H8N2O3S/c1-2-10-9-4(8)6-3(5)7/h2H2,1H3,(H3,5,6,7,8). The van der Waals surface area contributed by atoms with Crippen LogP contribution in [-0.4, -0.2) is 17.9 Å². The SMILES string of the molecule is CCSOC(=O)NC(N)=O. The molecular weight excluding hydrogens is 156 g/mol. The largest absolute Gasteiger partial charge is 0.427 e. The number of hydrogen-bond donors (Lipinski definition) is 2. The highest BCUT2D eigenvalue weighted by Gasteiger charge is 2.03. The number of urea groups is 1. The molecule has 0 atom stereocenters. The van der Waals surface area contributed by atoms with Crippen molar-refractivity contribution in [1.82, 2.24) is 5.32 Å². The molecule has 0 bridgehead atoms. The van der Waals surface area contributed by atoms with Crippen LogP contribution in [0, 0.1) is 0 Å². The summed E-state index contributed by atoms with van der Waals surface area (Å²) in [4.78, 5) is 20.3. The minimum atomic E-state index is -0.915. The number of amides is 3. The fourth-order valence-electron chi connectivity index (χ4n) is 0.234. The summed E-state index contributed by atoms with van der Waals surface area (Å²) in [5, 5.41) is 1.73. The van der Waals surface area contributed by atoms with Crippen LogP contribution in [0.3, 0.4) is 0 Å². The summed E-state index contributed by atoms with van der Waals surface area (Å²) in [5.74, 6) is 0.631. The molecule has 3 amide bonds. The van der Waals surface area contributed by atoms with Gasteiger partial charge in [0.05, 0.1) is 12.0 Å². The maximum absolute atomic E-state index is 10.4. The van der Waals surface area contributed by atoms with Crippen LogP contribution >= 0.6 is 12.0 Å². The van der Waals surface area contributed by atoms with Crippen LogP contribution in [0.25, 0.3) is 0 Å². The van der Waals surface area contributed by atoms with Gasteiger partial charge in [-0.2, -0.15) is 0 Å². The Bertz CT molecular complexity index is 138. The lowest BCUT2D eigenvalue weighted by molar-refractivity contribution is 0.206. The van der Waals surface area contributed by atoms with Gasteiger partial charge in [-0.05, 0) is 0 Å². The zero-order valence-corrected chi connectivity index (χ0v) is 6.23. The van der Waals surface area contributed by atoms with Crippen molar-refractivity contribution in [3.05, 3.63) is 0 Å². The summed E-state index contributed by atoms with van der Waals surface area (Å²) in [7, 11) is 0. The van der Waals surface area contributed by atoms with Crippen molar-refractivity contribution in [3.8, 4) is 0 Å². The molecule has 0 fully saturated rings. The van der Waals surface area contributed by atoms with E-state index in [4.69, 9.17) is 0 Å². The first-order valence-corrected chi connectivity index (χ1v) is 3.47. The lowest BCUT2D eigenvalue weighted by Gasteiger charge is -1.98. The Hall–Kier alpha value is -0.910. The quantitative estimate of drug-likeness (QED) is 0.581. The third-order valence-electron chi connectivity index (χ3n) is 0.478. The molecule has 0 aliphatic rings. The number of rotatable bonds is 2. The topological polar surface area (TPSA) is 81.4 Å². The second-order valence-electron chi connectivity index (χ2n) is 1.27. The molecule has 0 radical (unpaired) electrons. The first-order valence-electron chi connectivity index (χ1n) is 2.56. The Morgan fingerprint density at radius 1 is 1.70 bits per heavy atom. The molecule has 0 aliphatic heterocycles. The van der Waals surface area contributed by atoms with E-state index in [1.807, 2.05) is 6.92 Å². The molecule has 0 spiro atoms. The first kappa shape index (κ1) is 9.09. The number of carbonyl (C=O) groups is 2. The number of nitrogens with one attached hydrogen (secondary N) is 1. The fraction of sp³-hybridized carbons (Fsp3) is 0.500. The van der Waals surface area contributed by atoms with Crippen LogP contribution in [0.5, 0.6) is 0 Å². The number of primary amides is 1. The predicted molar refractivity (Wildman–Crippen MR) is 37.3 cm³/mol. The monoisotopic (exact) mass is 164 g/mol. The van der Waals surface area contributed by atoms with Crippen LogP contribution in [0.4, 0.5) is 9.59 Å². The first-order chi connectivity index (χ1) is 4.66. The maximum atomic E-state index is 10.4. The van der Waals surface area contributed by atoms with Gasteiger partial charge in [0.25, 0.3) is 0 Å². The molecule has 0 aromatic heterocycles. The number of nitrogens with two attached hydrogens (primary N) is 1. The molecule has 6 heteroatoms. The highest BCUT2D eigenvalue weighted by Crippen LogP contribution is 1.99. The van der Waals surface area contributed by atoms with E-state index in [1.165, 1.54) is 0 Å². The van der Waals surface area contributed by atoms with E-state index >= 15 is 0 Å². The third-order valence-corrected chi connectivity index (χ3v) is 0.983. The number of carbonyl (C=O) groups excluding carboxylic acids is 2. The molecule has 0 unspecified atom stereocenters. The summed E-state index contributed by atoms with van der Waals surface area (Å²) in [6, 6.07) is -0.915. The molecular formula is C4H8N2O3S. The Labute approximate surface area is 62.5 Å². The molecule has 0 aliphatic carbocycles. The van der Waals surface area contributed by atoms with Gasteiger partial charge in [-0.3, -0.25) is 0 Å². The molecule has 58 valence electrons. The molecule has 0 saturated carbocycles. The predicted octanol–water partition coefficient (Wildman–Crippen LogP) is 0.459. The van der Waals surface area contributed by atoms with E-state index in [1.54, 1.807) is 5.32 Å². The Morgan fingerprint density at radius 3 is 2.70 bits per heavy atom. The highest BCUT2D eigenvalue weighted by atomic mass is 32.2. The summed E-state index contributed by atoms with van der Waals surface area (Å²) in [5.41, 5.74) is 4.60. The second kappa shape index (κ2) is 4.92. The summed E-state index contributed by atoms with van der Waals surface area (Å²) in [6.45, 7) is 1.81. The molecule has 0 aromatic rings. The van der Waals surface area contributed by atoms with Crippen molar-refractivity contribution < 1.29 is 13.8 Å². The van der Waals surface area contributed by atoms with Gasteiger partial charge in [0.2, 0.25) is 0 Å². The fourth-order valence-corrected chi connectivity index (χ4v) is 0.500. The molecule has 0 heterocycles. The normalized spacial score (nSPS) is 8.50. The van der Waals surface area contributed by atoms with E-state index in [0.717, 1.165) is 12.0 Å². The average Bonchev–Trinajstić information content (AvgIpc) is 1.82. The van der Waals surface area contributed by atoms with Gasteiger partial charge in [0.1, 0.15) is 0 Å². The second-order valence-corrected chi connectivity index (χ2v) is 2.25. The van der Waals surface area contributed by atoms with Crippen LogP contribution in [0.1, 0.15) is 6.92 Å². The Kier molecular flexibility index (Phi) is 4.47. The van der Waals surface area contributed by atoms with Gasteiger partial charge < -0.3 is 9.92 Å². The smallest absolute Gasteiger partial charge is 0.375 e. The summed E-state index contributed by atoms with van der Waals surface area (Å²) in [6.07, 6.45) is -0.834. The van der Waals surface area contributed by atoms with E-state index in [9.17, 15) is 9.59 Å². The average molecular weight is 164 g/mol. The van der Waals surface area contributed by atoms with Crippen LogP contribution in [0.2, 0.25) is 0 Å². The Morgan fingerprint density at radius 2 is 2.30 bits per heavy atom. The van der Waals surface area contributed by atoms with Crippen molar-refractivity contribution in [2.75, 3.05) is 5.75 Å². The van der Waals surface area contributed by atoms with Crippen molar-refractivity contribution in [1.29, 1.82) is 0 Å². The zero-order valence-electron chi connectivity index (χ0n) is 5.42. The van der Waals surface area contributed by atoms with Gasteiger partial charge in [-0.1, -0.05) is 6.92 Å². The van der Waals surface area contributed by atoms with E-state index in [0.29, 0.717) is 5.75 Å². The molecule has 5 nitrogen and oxygen atoms in total. The number of imide groups is 1. The van der Waals surface area contributed by atoms with Crippen molar-refractivity contribution in [2.45, 2.75) is 6.92 Å². The lowest BCUT2D eigenvalue weighted by atomic mass is 11.0. The highest BCUT2D eigenvalue weighted by molar-refractivity contribution is 7.95. The summed E-state index contributed by atoms with van der Waals surface area (Å²) >= 11 is 0.938. The van der Waals surface area contributed by atoms with Crippen molar-refractivity contribution in [3.63, 3.8) is 0 Å². The Balaban J connectivity index is 3.35. The van der Waals surface area contributed by atoms with Gasteiger partial charge in [0, 0.05) is 5.75 Å². The van der Waals surface area contributed by atoms with Gasteiger partial charge in [0.15, 0.2) is 0 Å². The van der Waals surface area contributed by atoms with E-state index < -0.39 is 12.1 Å². The third kappa shape index (κ3) is 5.23. The maximum Gasteiger partial charge on any atom is 0.427 e. The van der Waals surface area contributed by atoms with Crippen LogP contribution in [-0.2, 0) is 4.18 Å². The molecule has 10 heavy (non-hydrogen) atoms.